The Morgan fingerprint density at radius 3 is 2.50 bits per heavy atom. The molecule has 0 spiro atoms. The van der Waals surface area contributed by atoms with Crippen LogP contribution in [0.1, 0.15) is 31.1 Å². The first-order chi connectivity index (χ1) is 8.26. The summed E-state index contributed by atoms with van der Waals surface area (Å²) < 4.78 is 0. The molecule has 1 atom stereocenters. The van der Waals surface area contributed by atoms with Gasteiger partial charge in [0, 0.05) is 11.1 Å². The number of nitrogens with one attached hydrogen (secondary N) is 1. The molecule has 0 saturated heterocycles. The van der Waals surface area contributed by atoms with Gasteiger partial charge in [0.1, 0.15) is 0 Å². The molecule has 2 N–H and O–H groups in total. The van der Waals surface area contributed by atoms with Crippen molar-refractivity contribution in [1.82, 2.24) is 5.32 Å². The monoisotopic (exact) mass is 289 g/mol. The molecular weight excluding hydrogens is 273 g/mol. The predicted molar refractivity (Wildman–Crippen MR) is 74.6 cm³/mol. The van der Waals surface area contributed by atoms with Crippen molar-refractivity contribution in [3.05, 3.63) is 33.8 Å². The van der Waals surface area contributed by atoms with E-state index in [0.717, 1.165) is 0 Å². The average molecular weight is 290 g/mol. The van der Waals surface area contributed by atoms with Crippen LogP contribution in [0.3, 0.4) is 0 Å². The number of aliphatic hydroxyl groups excluding tert-OH is 1. The molecule has 0 aliphatic rings. The van der Waals surface area contributed by atoms with Crippen molar-refractivity contribution in [3.8, 4) is 0 Å². The maximum atomic E-state index is 12.2. The molecule has 0 heterocycles. The van der Waals surface area contributed by atoms with Crippen molar-refractivity contribution in [2.24, 2.45) is 0 Å². The third-order valence-electron chi connectivity index (χ3n) is 2.60. The number of Topliss-reactive ketones (excluding diaryl/α,β-unsaturated/α-hetero) is 1. The van der Waals surface area contributed by atoms with Gasteiger partial charge in [-0.2, -0.15) is 0 Å². The summed E-state index contributed by atoms with van der Waals surface area (Å²) >= 11 is 11.7. The molecule has 1 unspecified atom stereocenters. The summed E-state index contributed by atoms with van der Waals surface area (Å²) in [5.41, 5.74) is -0.0104. The van der Waals surface area contributed by atoms with E-state index in [2.05, 4.69) is 5.32 Å². The third-order valence-corrected chi connectivity index (χ3v) is 3.34. The third kappa shape index (κ3) is 3.95. The van der Waals surface area contributed by atoms with E-state index in [1.54, 1.807) is 25.1 Å². The van der Waals surface area contributed by atoms with Gasteiger partial charge in [0.2, 0.25) is 0 Å². The lowest BCUT2D eigenvalue weighted by Crippen LogP contribution is -2.50. The van der Waals surface area contributed by atoms with Crippen molar-refractivity contribution in [2.75, 3.05) is 6.61 Å². The van der Waals surface area contributed by atoms with E-state index in [4.69, 9.17) is 28.3 Å². The van der Waals surface area contributed by atoms with Crippen molar-refractivity contribution in [1.29, 1.82) is 0 Å². The number of halogens is 2. The van der Waals surface area contributed by atoms with Gasteiger partial charge in [-0.15, -0.1) is 0 Å². The summed E-state index contributed by atoms with van der Waals surface area (Å²) in [6.45, 7) is 5.35. The van der Waals surface area contributed by atoms with Gasteiger partial charge in [-0.1, -0.05) is 23.2 Å². The Balaban J connectivity index is 2.83. The van der Waals surface area contributed by atoms with Crippen molar-refractivity contribution >= 4 is 29.0 Å². The molecule has 0 saturated carbocycles. The van der Waals surface area contributed by atoms with Gasteiger partial charge in [-0.25, -0.2) is 0 Å². The second kappa shape index (κ2) is 6.02. The molecular formula is C13H17Cl2NO2. The van der Waals surface area contributed by atoms with Gasteiger partial charge in [-0.3, -0.25) is 4.79 Å². The normalized spacial score (nSPS) is 13.4. The minimum atomic E-state index is -0.509. The number of carbonyl (C=O) groups is 1. The van der Waals surface area contributed by atoms with E-state index in [-0.39, 0.29) is 12.4 Å². The molecule has 1 aromatic carbocycles. The van der Waals surface area contributed by atoms with Crippen molar-refractivity contribution in [2.45, 2.75) is 32.4 Å². The molecule has 0 fully saturated rings. The summed E-state index contributed by atoms with van der Waals surface area (Å²) in [5.74, 6) is -0.0879. The minimum absolute atomic E-state index is 0.0496. The first-order valence-electron chi connectivity index (χ1n) is 5.64. The number of ketones is 1. The van der Waals surface area contributed by atoms with Gasteiger partial charge in [0.05, 0.1) is 22.7 Å². The van der Waals surface area contributed by atoms with E-state index in [1.165, 1.54) is 0 Å². The molecule has 0 bridgehead atoms. The van der Waals surface area contributed by atoms with Crippen molar-refractivity contribution < 1.29 is 9.90 Å². The first-order valence-corrected chi connectivity index (χ1v) is 6.40. The maximum Gasteiger partial charge on any atom is 0.179 e. The van der Waals surface area contributed by atoms with Gasteiger partial charge >= 0.3 is 0 Å². The fourth-order valence-electron chi connectivity index (χ4n) is 1.60. The smallest absolute Gasteiger partial charge is 0.179 e. The van der Waals surface area contributed by atoms with Crippen LogP contribution in [0.2, 0.25) is 10.0 Å². The molecule has 100 valence electrons. The highest BCUT2D eigenvalue weighted by atomic mass is 35.5. The standard InChI is InChI=1S/C13H17Cl2NO2/c1-8(16-13(2,3)7-17)12(18)9-4-5-10(14)11(15)6-9/h4-6,8,16-17H,7H2,1-3H3. The van der Waals surface area contributed by atoms with Gasteiger partial charge in [0.25, 0.3) is 0 Å². The number of carbonyl (C=O) groups excluding carboxylic acids is 1. The Morgan fingerprint density at radius 1 is 1.39 bits per heavy atom. The second-order valence-corrected chi connectivity index (χ2v) is 5.72. The van der Waals surface area contributed by atoms with E-state index in [9.17, 15) is 4.79 Å². The van der Waals surface area contributed by atoms with Crippen LogP contribution in [-0.4, -0.2) is 29.1 Å². The number of aliphatic hydroxyl groups is 1. The minimum Gasteiger partial charge on any atom is -0.394 e. The largest absolute Gasteiger partial charge is 0.394 e. The van der Waals surface area contributed by atoms with Crippen LogP contribution in [0.25, 0.3) is 0 Å². The van der Waals surface area contributed by atoms with Gasteiger partial charge in [-0.05, 0) is 39.0 Å². The molecule has 5 heteroatoms. The quantitative estimate of drug-likeness (QED) is 0.820. The summed E-state index contributed by atoms with van der Waals surface area (Å²) in [5, 5.41) is 13.0. The Morgan fingerprint density at radius 2 is 2.00 bits per heavy atom. The topological polar surface area (TPSA) is 49.3 Å². The molecule has 1 rings (SSSR count). The number of rotatable bonds is 5. The van der Waals surface area contributed by atoms with Crippen LogP contribution < -0.4 is 5.32 Å². The highest BCUT2D eigenvalue weighted by molar-refractivity contribution is 6.42. The molecule has 0 aliphatic carbocycles. The first kappa shape index (κ1) is 15.4. The van der Waals surface area contributed by atoms with E-state index in [1.807, 2.05) is 13.8 Å². The van der Waals surface area contributed by atoms with E-state index >= 15 is 0 Å². The van der Waals surface area contributed by atoms with Crippen molar-refractivity contribution in [3.63, 3.8) is 0 Å². The van der Waals surface area contributed by atoms with Crippen LogP contribution >= 0.6 is 23.2 Å². The maximum absolute atomic E-state index is 12.2. The van der Waals surface area contributed by atoms with Crippen LogP contribution in [0.15, 0.2) is 18.2 Å². The van der Waals surface area contributed by atoms with E-state index < -0.39 is 11.6 Å². The Labute approximate surface area is 117 Å². The lowest BCUT2D eigenvalue weighted by atomic mass is 10.0. The van der Waals surface area contributed by atoms with E-state index in [0.29, 0.717) is 15.6 Å². The highest BCUT2D eigenvalue weighted by Gasteiger charge is 2.23. The Kier molecular flexibility index (Phi) is 5.17. The molecule has 0 amide bonds. The molecule has 18 heavy (non-hydrogen) atoms. The molecule has 0 aliphatic heterocycles. The van der Waals surface area contributed by atoms with Crippen LogP contribution in [0, 0.1) is 0 Å². The summed E-state index contributed by atoms with van der Waals surface area (Å²) in [4.78, 5) is 12.2. The Bertz CT molecular complexity index is 447. The molecule has 1 aromatic rings. The Hall–Kier alpha value is -0.610. The predicted octanol–water partition coefficient (Wildman–Crippen LogP) is 2.93. The van der Waals surface area contributed by atoms with Gasteiger partial charge in [0.15, 0.2) is 5.78 Å². The van der Waals surface area contributed by atoms with Crippen LogP contribution in [0.4, 0.5) is 0 Å². The zero-order valence-corrected chi connectivity index (χ0v) is 12.1. The lowest BCUT2D eigenvalue weighted by Gasteiger charge is -2.27. The summed E-state index contributed by atoms with van der Waals surface area (Å²) in [6, 6.07) is 4.38. The zero-order chi connectivity index (χ0) is 13.9. The SMILES string of the molecule is CC(NC(C)(C)CO)C(=O)c1ccc(Cl)c(Cl)c1. The number of benzene rings is 1. The van der Waals surface area contributed by atoms with Crippen LogP contribution in [-0.2, 0) is 0 Å². The van der Waals surface area contributed by atoms with Gasteiger partial charge < -0.3 is 10.4 Å². The second-order valence-electron chi connectivity index (χ2n) is 4.90. The zero-order valence-electron chi connectivity index (χ0n) is 10.6. The fourth-order valence-corrected chi connectivity index (χ4v) is 1.89. The molecule has 0 radical (unpaired) electrons. The number of hydrogen-bond donors (Lipinski definition) is 2. The van der Waals surface area contributed by atoms with Crippen LogP contribution in [0.5, 0.6) is 0 Å². The summed E-state index contributed by atoms with van der Waals surface area (Å²) in [7, 11) is 0. The average Bonchev–Trinajstić information content (AvgIpc) is 2.31. The number of hydrogen-bond acceptors (Lipinski definition) is 3. The molecule has 3 nitrogen and oxygen atoms in total. The highest BCUT2D eigenvalue weighted by Crippen LogP contribution is 2.23. The fraction of sp³-hybridized carbons (Fsp3) is 0.462. The summed E-state index contributed by atoms with van der Waals surface area (Å²) in [6.07, 6.45) is 0. The molecule has 0 aromatic heterocycles. The lowest BCUT2D eigenvalue weighted by molar-refractivity contribution is 0.0911.